The number of carbonyl (C=O) groups excluding carboxylic acids is 1. The number of pyridine rings is 1. The van der Waals surface area contributed by atoms with Crippen molar-refractivity contribution in [2.45, 2.75) is 18.5 Å². The summed E-state index contributed by atoms with van der Waals surface area (Å²) in [4.78, 5) is 17.1. The second kappa shape index (κ2) is 8.48. The highest BCUT2D eigenvalue weighted by atomic mass is 19.1. The summed E-state index contributed by atoms with van der Waals surface area (Å²) < 4.78 is 50.0. The highest BCUT2D eigenvalue weighted by molar-refractivity contribution is 6.10. The van der Waals surface area contributed by atoms with Gasteiger partial charge in [-0.05, 0) is 18.6 Å². The van der Waals surface area contributed by atoms with Gasteiger partial charge >= 0.3 is 0 Å². The second-order valence-electron chi connectivity index (χ2n) is 7.11. The molecule has 1 aliphatic rings. The van der Waals surface area contributed by atoms with Crippen molar-refractivity contribution in [2.24, 2.45) is 5.73 Å². The molecule has 3 heterocycles. The molecule has 3 N–H and O–H groups in total. The highest BCUT2D eigenvalue weighted by Crippen LogP contribution is 2.33. The molecule has 164 valence electrons. The van der Waals surface area contributed by atoms with Crippen LogP contribution in [0.15, 0.2) is 28.8 Å². The van der Waals surface area contributed by atoms with Gasteiger partial charge in [0.1, 0.15) is 11.4 Å². The molecule has 2 atom stereocenters. The summed E-state index contributed by atoms with van der Waals surface area (Å²) in [5.41, 5.74) is 5.56. The number of ether oxygens (including phenoxy) is 3. The number of carbonyl (C=O) groups is 1. The molecule has 0 unspecified atom stereocenters. The Hall–Kier alpha value is -3.24. The maximum Gasteiger partial charge on any atom is 0.234 e. The van der Waals surface area contributed by atoms with Crippen molar-refractivity contribution in [1.82, 2.24) is 4.98 Å². The van der Waals surface area contributed by atoms with Crippen molar-refractivity contribution in [3.63, 3.8) is 0 Å². The molecule has 0 aliphatic carbocycles. The number of rotatable bonds is 6. The van der Waals surface area contributed by atoms with Gasteiger partial charge in [0.25, 0.3) is 0 Å². The lowest BCUT2D eigenvalue weighted by Crippen LogP contribution is -2.47. The minimum absolute atomic E-state index is 0.0817. The molecule has 1 fully saturated rings. The number of nitrogens with one attached hydrogen (secondary N) is 1. The number of aromatic nitrogens is 1. The molecule has 1 aliphatic heterocycles. The van der Waals surface area contributed by atoms with E-state index in [0.717, 1.165) is 12.5 Å². The van der Waals surface area contributed by atoms with Crippen LogP contribution in [0, 0.1) is 11.6 Å². The van der Waals surface area contributed by atoms with E-state index in [0.29, 0.717) is 24.4 Å². The molecular weight excluding hydrogens is 412 g/mol. The number of ketones is 1. The molecule has 2 aromatic heterocycles. The minimum Gasteiger partial charge on any atom is -0.494 e. The highest BCUT2D eigenvalue weighted by Gasteiger charge is 2.29. The number of anilines is 1. The zero-order valence-corrected chi connectivity index (χ0v) is 16.9. The van der Waals surface area contributed by atoms with Crippen LogP contribution >= 0.6 is 0 Å². The number of fused-ring (bicyclic) bond motifs is 1. The third-order valence-corrected chi connectivity index (χ3v) is 5.17. The van der Waals surface area contributed by atoms with Crippen molar-refractivity contribution >= 4 is 22.6 Å². The average molecular weight is 433 g/mol. The standard InChI is InChI=1S/C21H21F2N3O5/c1-28-13-7-14(29-2)20(23)18(19(13)22)21(27)15-5-10-6-17(25-8-16(10)31-15)26-12-9-30-4-3-11(12)24/h5-8,11-12H,3-4,9,24H2,1-2H3,(H,25,26)/t11-,12+/m0/s1. The lowest BCUT2D eigenvalue weighted by atomic mass is 10.0. The van der Waals surface area contributed by atoms with E-state index in [4.69, 9.17) is 24.4 Å². The van der Waals surface area contributed by atoms with Crippen LogP contribution in [0.25, 0.3) is 11.0 Å². The van der Waals surface area contributed by atoms with Crippen molar-refractivity contribution in [2.75, 3.05) is 32.8 Å². The van der Waals surface area contributed by atoms with Gasteiger partial charge in [0, 0.05) is 24.1 Å². The SMILES string of the molecule is COc1cc(OC)c(F)c(C(=O)c2cc3cc(N[C@@H]4COCC[C@@H]4N)ncc3o2)c1F. The fourth-order valence-electron chi connectivity index (χ4n) is 3.44. The fraction of sp³-hybridized carbons (Fsp3) is 0.333. The zero-order chi connectivity index (χ0) is 22.1. The van der Waals surface area contributed by atoms with E-state index in [1.807, 2.05) is 0 Å². The number of hydrogen-bond donors (Lipinski definition) is 2. The topological polar surface area (TPSA) is 109 Å². The first kappa shape index (κ1) is 21.0. The predicted octanol–water partition coefficient (Wildman–Crippen LogP) is 2.88. The Morgan fingerprint density at radius 2 is 1.90 bits per heavy atom. The van der Waals surface area contributed by atoms with Gasteiger partial charge in [-0.3, -0.25) is 4.79 Å². The summed E-state index contributed by atoms with van der Waals surface area (Å²) in [6, 6.07) is 3.89. The van der Waals surface area contributed by atoms with Gasteiger partial charge in [0.15, 0.2) is 34.5 Å². The van der Waals surface area contributed by atoms with Crippen LogP contribution in [-0.4, -0.2) is 50.3 Å². The Labute approximate surface area is 176 Å². The monoisotopic (exact) mass is 433 g/mol. The van der Waals surface area contributed by atoms with E-state index in [1.165, 1.54) is 26.5 Å². The van der Waals surface area contributed by atoms with Gasteiger partial charge < -0.3 is 29.7 Å². The smallest absolute Gasteiger partial charge is 0.234 e. The molecule has 1 saturated heterocycles. The predicted molar refractivity (Wildman–Crippen MR) is 108 cm³/mol. The van der Waals surface area contributed by atoms with Crippen LogP contribution in [0.3, 0.4) is 0 Å². The Balaban J connectivity index is 1.67. The Bertz CT molecular complexity index is 1110. The summed E-state index contributed by atoms with van der Waals surface area (Å²) in [5.74, 6) is -3.65. The van der Waals surface area contributed by atoms with Gasteiger partial charge in [0.2, 0.25) is 5.78 Å². The second-order valence-corrected chi connectivity index (χ2v) is 7.11. The van der Waals surface area contributed by atoms with Crippen LogP contribution in [-0.2, 0) is 4.74 Å². The van der Waals surface area contributed by atoms with Crippen LogP contribution < -0.4 is 20.5 Å². The molecule has 0 radical (unpaired) electrons. The number of nitrogens with zero attached hydrogens (tertiary/aromatic N) is 1. The zero-order valence-electron chi connectivity index (χ0n) is 16.9. The number of halogens is 2. The summed E-state index contributed by atoms with van der Waals surface area (Å²) in [7, 11) is 2.41. The molecule has 10 heteroatoms. The molecular formula is C21H21F2N3O5. The van der Waals surface area contributed by atoms with Crippen molar-refractivity contribution in [1.29, 1.82) is 0 Å². The lowest BCUT2D eigenvalue weighted by Gasteiger charge is -2.29. The van der Waals surface area contributed by atoms with Gasteiger partial charge in [-0.25, -0.2) is 13.8 Å². The molecule has 8 nitrogen and oxygen atoms in total. The molecule has 31 heavy (non-hydrogen) atoms. The van der Waals surface area contributed by atoms with E-state index in [9.17, 15) is 13.6 Å². The van der Waals surface area contributed by atoms with E-state index < -0.39 is 23.0 Å². The number of methoxy groups -OCH3 is 2. The minimum atomic E-state index is -1.14. The molecule has 4 rings (SSSR count). The average Bonchev–Trinajstić information content (AvgIpc) is 3.19. The van der Waals surface area contributed by atoms with E-state index >= 15 is 0 Å². The van der Waals surface area contributed by atoms with E-state index in [2.05, 4.69) is 10.3 Å². The van der Waals surface area contributed by atoms with Gasteiger partial charge in [-0.2, -0.15) is 0 Å². The van der Waals surface area contributed by atoms with Gasteiger partial charge in [0.05, 0.1) is 33.1 Å². The third kappa shape index (κ3) is 3.91. The summed E-state index contributed by atoms with van der Waals surface area (Å²) >= 11 is 0. The summed E-state index contributed by atoms with van der Waals surface area (Å²) in [5, 5.41) is 3.73. The molecule has 0 saturated carbocycles. The van der Waals surface area contributed by atoms with Crippen molar-refractivity contribution in [3.8, 4) is 11.5 Å². The van der Waals surface area contributed by atoms with E-state index in [1.54, 1.807) is 6.07 Å². The number of nitrogens with two attached hydrogens (primary N) is 1. The molecule has 1 aromatic carbocycles. The first-order valence-electron chi connectivity index (χ1n) is 9.57. The summed E-state index contributed by atoms with van der Waals surface area (Å²) in [6.45, 7) is 1.06. The van der Waals surface area contributed by atoms with Crippen LogP contribution in [0.5, 0.6) is 11.5 Å². The summed E-state index contributed by atoms with van der Waals surface area (Å²) in [6.07, 6.45) is 2.15. The van der Waals surface area contributed by atoms with Crippen molar-refractivity contribution < 1.29 is 32.2 Å². The first-order valence-corrected chi connectivity index (χ1v) is 9.57. The Morgan fingerprint density at radius 3 is 2.55 bits per heavy atom. The van der Waals surface area contributed by atoms with Crippen LogP contribution in [0.1, 0.15) is 22.5 Å². The lowest BCUT2D eigenvalue weighted by molar-refractivity contribution is 0.0767. The molecule has 0 spiro atoms. The largest absolute Gasteiger partial charge is 0.494 e. The Morgan fingerprint density at radius 1 is 1.19 bits per heavy atom. The Kier molecular flexibility index (Phi) is 5.75. The van der Waals surface area contributed by atoms with Gasteiger partial charge in [-0.15, -0.1) is 0 Å². The van der Waals surface area contributed by atoms with E-state index in [-0.39, 0.29) is 34.9 Å². The molecule has 0 amide bonds. The molecule has 3 aromatic rings. The first-order chi connectivity index (χ1) is 14.9. The maximum atomic E-state index is 14.7. The quantitative estimate of drug-likeness (QED) is 0.572. The third-order valence-electron chi connectivity index (χ3n) is 5.17. The van der Waals surface area contributed by atoms with Gasteiger partial charge in [-0.1, -0.05) is 0 Å². The molecule has 0 bridgehead atoms. The van der Waals surface area contributed by atoms with Crippen molar-refractivity contribution in [3.05, 3.63) is 47.4 Å². The van der Waals surface area contributed by atoms with Crippen LogP contribution in [0.4, 0.5) is 14.6 Å². The fourth-order valence-corrected chi connectivity index (χ4v) is 3.44. The van der Waals surface area contributed by atoms with Crippen LogP contribution in [0.2, 0.25) is 0 Å². The number of furan rings is 1. The normalized spacial score (nSPS) is 18.7. The number of benzene rings is 1. The number of hydrogen-bond acceptors (Lipinski definition) is 8. The maximum absolute atomic E-state index is 14.7.